The van der Waals surface area contributed by atoms with Crippen molar-refractivity contribution in [1.29, 1.82) is 0 Å². The van der Waals surface area contributed by atoms with Gasteiger partial charge in [-0.3, -0.25) is 9.69 Å². The molecular formula is C56H101N7O14. The van der Waals surface area contributed by atoms with Gasteiger partial charge in [0.1, 0.15) is 12.2 Å². The summed E-state index contributed by atoms with van der Waals surface area (Å²) in [5.74, 6) is -0.0902. The summed E-state index contributed by atoms with van der Waals surface area (Å²) in [6.45, 7) is 28.0. The van der Waals surface area contributed by atoms with Gasteiger partial charge in [-0.1, -0.05) is 62.3 Å². The van der Waals surface area contributed by atoms with Crippen LogP contribution in [-0.2, 0) is 38.0 Å². The number of amides is 6. The van der Waals surface area contributed by atoms with Gasteiger partial charge >= 0.3 is 36.6 Å². The van der Waals surface area contributed by atoms with Gasteiger partial charge in [-0.05, 0) is 164 Å². The lowest BCUT2D eigenvalue weighted by Gasteiger charge is -2.46. The van der Waals surface area contributed by atoms with Crippen LogP contribution in [0.15, 0.2) is 0 Å². The van der Waals surface area contributed by atoms with Gasteiger partial charge < -0.3 is 65.1 Å². The Labute approximate surface area is 460 Å². The quantitative estimate of drug-likeness (QED) is 0.0204. The largest absolute Gasteiger partial charge is 0.508 e. The van der Waals surface area contributed by atoms with E-state index in [0.29, 0.717) is 64.6 Å². The Bertz CT molecular complexity index is 1950. The zero-order chi connectivity index (χ0) is 57.9. The average molecular weight is 1100 g/mol. The monoisotopic (exact) mass is 1100 g/mol. The Morgan fingerprint density at radius 2 is 0.935 bits per heavy atom. The first-order valence-electron chi connectivity index (χ1n) is 28.0. The summed E-state index contributed by atoms with van der Waals surface area (Å²) in [5, 5.41) is 17.9. The van der Waals surface area contributed by atoms with E-state index in [2.05, 4.69) is 94.2 Å². The van der Waals surface area contributed by atoms with E-state index >= 15 is 0 Å². The second-order valence-electron chi connectivity index (χ2n) is 26.7. The predicted molar refractivity (Wildman–Crippen MR) is 292 cm³/mol. The molecule has 6 amide bonds. The topological polar surface area (TPSA) is 260 Å². The molecule has 0 saturated heterocycles. The van der Waals surface area contributed by atoms with Gasteiger partial charge in [0.05, 0.1) is 26.4 Å². The fourth-order valence-corrected chi connectivity index (χ4v) is 12.8. The fourth-order valence-electron chi connectivity index (χ4n) is 12.8. The van der Waals surface area contributed by atoms with Crippen molar-refractivity contribution in [3.8, 4) is 0 Å². The number of likely N-dealkylation sites (N-methyl/N-ethyl adjacent to an activating group) is 1. The van der Waals surface area contributed by atoms with Crippen molar-refractivity contribution in [2.75, 3.05) is 66.8 Å². The van der Waals surface area contributed by atoms with E-state index in [4.69, 9.17) is 33.2 Å². The molecule has 0 radical (unpaired) electrons. The highest BCUT2D eigenvalue weighted by molar-refractivity contribution is 5.73. The molecule has 0 bridgehead atoms. The number of unbranched alkanes of at least 4 members (excludes halogenated alkanes) is 3. The molecule has 7 unspecified atom stereocenters. The summed E-state index contributed by atoms with van der Waals surface area (Å²) >= 11 is 0. The second-order valence-corrected chi connectivity index (χ2v) is 26.7. The van der Waals surface area contributed by atoms with Crippen LogP contribution in [0.2, 0.25) is 0 Å². The number of carbonyl (C=O) groups excluding carboxylic acids is 7. The van der Waals surface area contributed by atoms with E-state index < -0.39 is 48.5 Å². The Morgan fingerprint density at radius 3 is 1.40 bits per heavy atom. The zero-order valence-corrected chi connectivity index (χ0v) is 49.7. The van der Waals surface area contributed by atoms with Gasteiger partial charge in [0, 0.05) is 44.7 Å². The van der Waals surface area contributed by atoms with Crippen LogP contribution >= 0.6 is 0 Å². The minimum absolute atomic E-state index is 0.0621. The lowest BCUT2D eigenvalue weighted by Crippen LogP contribution is -2.51. The van der Waals surface area contributed by atoms with Crippen LogP contribution in [-0.4, -0.2) is 144 Å². The van der Waals surface area contributed by atoms with Gasteiger partial charge in [0.15, 0.2) is 6.23 Å². The van der Waals surface area contributed by atoms with Crippen LogP contribution in [0.3, 0.4) is 0 Å². The predicted octanol–water partition coefficient (Wildman–Crippen LogP) is 9.69. The van der Waals surface area contributed by atoms with Crippen molar-refractivity contribution in [3.05, 3.63) is 0 Å². The number of nitrogens with one attached hydrogen (secondary N) is 6. The van der Waals surface area contributed by atoms with Gasteiger partial charge in [-0.25, -0.2) is 28.8 Å². The third-order valence-corrected chi connectivity index (χ3v) is 14.8. The van der Waals surface area contributed by atoms with E-state index in [-0.39, 0.29) is 89.6 Å². The summed E-state index contributed by atoms with van der Waals surface area (Å²) in [4.78, 5) is 89.7. The molecule has 3 fully saturated rings. The van der Waals surface area contributed by atoms with Crippen molar-refractivity contribution in [3.63, 3.8) is 0 Å². The maximum Gasteiger partial charge on any atom is 0.508 e. The van der Waals surface area contributed by atoms with Crippen LogP contribution in [0.25, 0.3) is 0 Å². The molecule has 3 rings (SSSR count). The first kappa shape index (κ1) is 66.3. The Hall–Kier alpha value is -4.95. The number of hydrogen-bond donors (Lipinski definition) is 6. The van der Waals surface area contributed by atoms with E-state index in [9.17, 15) is 33.6 Å². The number of rotatable bonds is 26. The molecule has 6 N–H and O–H groups in total. The van der Waals surface area contributed by atoms with E-state index in [1.807, 2.05) is 13.8 Å². The van der Waals surface area contributed by atoms with Crippen LogP contribution in [0.4, 0.5) is 28.8 Å². The number of ether oxygens (including phenoxy) is 7. The molecule has 0 spiro atoms. The van der Waals surface area contributed by atoms with Crippen LogP contribution in [0.1, 0.15) is 186 Å². The maximum atomic E-state index is 13.1. The summed E-state index contributed by atoms with van der Waals surface area (Å²) in [7, 11) is 3.46. The summed E-state index contributed by atoms with van der Waals surface area (Å²) in [6.07, 6.45) is 6.33. The molecule has 444 valence electrons. The third kappa shape index (κ3) is 26.5. The molecular weight excluding hydrogens is 995 g/mol. The Kier molecular flexibility index (Phi) is 25.3. The molecule has 0 aromatic carbocycles. The highest BCUT2D eigenvalue weighted by atomic mass is 16.7. The van der Waals surface area contributed by atoms with Crippen molar-refractivity contribution in [2.45, 2.75) is 216 Å². The van der Waals surface area contributed by atoms with Crippen LogP contribution in [0, 0.1) is 32.5 Å². The fraction of sp³-hybridized carbons (Fsp3) is 0.875. The Morgan fingerprint density at radius 1 is 0.519 bits per heavy atom. The van der Waals surface area contributed by atoms with E-state index in [1.54, 1.807) is 25.9 Å². The smallest absolute Gasteiger partial charge is 0.450 e. The zero-order valence-electron chi connectivity index (χ0n) is 49.7. The standard InChI is InChI=1S/C56H101N7O14/c1-16-71-49(70)74-25-19-17-18-22-53(9,10)77-48(69)62-42-28-52(7,8)35-56(13,31-42)37-58-44(65)72-23-20-21-24-73-46(67)60-40-26-50(3,4)34-55(12,29-40)38-59-45(66)75-32-43(63(14)15)76-47(68)61-41-27-51(5,6)33-54(11,30-41)36-57-39(2)64/h40-43H,16-38H2,1-15H3,(H,57,64)(H,58,65)(H,59,66)(H,60,67)(H,61,68)(H,62,69). The minimum atomic E-state index is -0.839. The number of alkyl carbamates (subject to hydrolysis) is 5. The molecule has 0 aromatic heterocycles. The highest BCUT2D eigenvalue weighted by Crippen LogP contribution is 2.48. The van der Waals surface area contributed by atoms with Crippen molar-refractivity contribution < 1.29 is 66.7 Å². The SMILES string of the molecule is CCOC(=O)OCCCCCC(C)(C)OC(=O)NC1CC(C)(C)CC(C)(CNC(=O)OCCCCOC(=O)NC2CC(C)(C)CC(C)(CNC(=O)OCC(OC(=O)NC3CC(C)(C)CC(C)(CNC(C)=O)C3)N(C)C)C2)C1. The Balaban J connectivity index is 1.34. The van der Waals surface area contributed by atoms with E-state index in [0.717, 1.165) is 51.4 Å². The van der Waals surface area contributed by atoms with Gasteiger partial charge in [-0.15, -0.1) is 0 Å². The molecule has 0 heterocycles. The third-order valence-electron chi connectivity index (χ3n) is 14.8. The molecule has 0 aromatic rings. The van der Waals surface area contributed by atoms with Crippen LogP contribution in [0.5, 0.6) is 0 Å². The molecule has 21 heteroatoms. The first-order chi connectivity index (χ1) is 35.6. The lowest BCUT2D eigenvalue weighted by atomic mass is 9.62. The number of carbonyl (C=O) groups is 7. The lowest BCUT2D eigenvalue weighted by molar-refractivity contribution is -0.119. The second kappa shape index (κ2) is 29.3. The van der Waals surface area contributed by atoms with Gasteiger partial charge in [-0.2, -0.15) is 0 Å². The summed E-state index contributed by atoms with van der Waals surface area (Å²) in [5.41, 5.74) is -1.88. The molecule has 7 atom stereocenters. The minimum Gasteiger partial charge on any atom is -0.450 e. The van der Waals surface area contributed by atoms with Crippen molar-refractivity contribution >= 4 is 42.5 Å². The van der Waals surface area contributed by atoms with Gasteiger partial charge in [0.25, 0.3) is 0 Å². The summed E-state index contributed by atoms with van der Waals surface area (Å²) < 4.78 is 37.9. The van der Waals surface area contributed by atoms with Crippen molar-refractivity contribution in [2.24, 2.45) is 32.5 Å². The number of nitrogens with zero attached hydrogens (tertiary/aromatic N) is 1. The highest BCUT2D eigenvalue weighted by Gasteiger charge is 2.45. The number of hydrogen-bond acceptors (Lipinski definition) is 15. The molecule has 3 aliphatic rings. The molecule has 3 aliphatic carbocycles. The first-order valence-corrected chi connectivity index (χ1v) is 28.0. The normalized spacial score (nSPS) is 25.8. The molecule has 0 aliphatic heterocycles. The van der Waals surface area contributed by atoms with Crippen LogP contribution < -0.4 is 31.9 Å². The van der Waals surface area contributed by atoms with Gasteiger partial charge in [0.2, 0.25) is 5.91 Å². The molecule has 3 saturated carbocycles. The van der Waals surface area contributed by atoms with Crippen molar-refractivity contribution in [1.82, 2.24) is 36.8 Å². The van der Waals surface area contributed by atoms with E-state index in [1.165, 1.54) is 6.92 Å². The maximum absolute atomic E-state index is 13.1. The molecule has 21 nitrogen and oxygen atoms in total. The average Bonchev–Trinajstić information content (AvgIpc) is 3.25. The summed E-state index contributed by atoms with van der Waals surface area (Å²) in [6, 6.07) is -0.511. The molecule has 77 heavy (non-hydrogen) atoms.